The number of carbonyl (C=O) groups excluding carboxylic acids is 1. The Bertz CT molecular complexity index is 665. The van der Waals surface area contributed by atoms with Crippen LogP contribution in [0.1, 0.15) is 15.9 Å². The van der Waals surface area contributed by atoms with E-state index in [9.17, 15) is 18.0 Å². The van der Waals surface area contributed by atoms with E-state index < -0.39 is 23.4 Å². The summed E-state index contributed by atoms with van der Waals surface area (Å²) >= 11 is 0. The number of amides is 1. The molecule has 1 amide bonds. The molecule has 2 N–H and O–H groups in total. The molecule has 21 heavy (non-hydrogen) atoms. The van der Waals surface area contributed by atoms with E-state index >= 15 is 0 Å². The lowest BCUT2D eigenvalue weighted by Gasteiger charge is -2.18. The first kappa shape index (κ1) is 14.9. The maximum atomic E-state index is 13.1. The first-order chi connectivity index (χ1) is 9.90. The summed E-state index contributed by atoms with van der Waals surface area (Å²) in [6.07, 6.45) is 0. The van der Waals surface area contributed by atoms with Crippen LogP contribution >= 0.6 is 0 Å². The summed E-state index contributed by atoms with van der Waals surface area (Å²) in [7, 11) is 1.47. The van der Waals surface area contributed by atoms with E-state index in [4.69, 9.17) is 5.73 Å². The van der Waals surface area contributed by atoms with E-state index in [0.717, 1.165) is 0 Å². The van der Waals surface area contributed by atoms with Crippen LogP contribution in [0.15, 0.2) is 36.4 Å². The summed E-state index contributed by atoms with van der Waals surface area (Å²) in [6, 6.07) is 8.29. The molecular formula is C15H13F3N2O. The van der Waals surface area contributed by atoms with E-state index in [0.29, 0.717) is 23.4 Å². The van der Waals surface area contributed by atoms with E-state index in [1.807, 2.05) is 0 Å². The van der Waals surface area contributed by atoms with E-state index in [-0.39, 0.29) is 12.1 Å². The molecule has 0 atom stereocenters. The molecule has 0 bridgehead atoms. The smallest absolute Gasteiger partial charge is 0.254 e. The molecule has 0 saturated carbocycles. The molecule has 0 heterocycles. The number of carbonyl (C=O) groups is 1. The van der Waals surface area contributed by atoms with Crippen LogP contribution in [0.3, 0.4) is 0 Å². The molecule has 0 unspecified atom stereocenters. The van der Waals surface area contributed by atoms with Crippen LogP contribution in [0.4, 0.5) is 18.9 Å². The number of nitrogens with two attached hydrogens (primary N) is 1. The van der Waals surface area contributed by atoms with Crippen molar-refractivity contribution >= 4 is 11.6 Å². The first-order valence-electron chi connectivity index (χ1n) is 6.13. The molecule has 110 valence electrons. The average molecular weight is 294 g/mol. The molecule has 0 fully saturated rings. The molecule has 0 radical (unpaired) electrons. The molecular weight excluding hydrogens is 281 g/mol. The predicted molar refractivity (Wildman–Crippen MR) is 73.0 cm³/mol. The summed E-state index contributed by atoms with van der Waals surface area (Å²) in [4.78, 5) is 13.4. The van der Waals surface area contributed by atoms with E-state index in [1.165, 1.54) is 11.9 Å². The Labute approximate surface area is 119 Å². The van der Waals surface area contributed by atoms with Crippen LogP contribution in [0.5, 0.6) is 0 Å². The summed E-state index contributed by atoms with van der Waals surface area (Å²) in [5, 5.41) is 0. The van der Waals surface area contributed by atoms with Gasteiger partial charge in [-0.2, -0.15) is 0 Å². The Morgan fingerprint density at radius 2 is 1.71 bits per heavy atom. The molecule has 0 saturated heterocycles. The fourth-order valence-corrected chi connectivity index (χ4v) is 1.90. The predicted octanol–water partition coefficient (Wildman–Crippen LogP) is 2.96. The maximum Gasteiger partial charge on any atom is 0.254 e. The maximum absolute atomic E-state index is 13.1. The minimum Gasteiger partial charge on any atom is -0.398 e. The van der Waals surface area contributed by atoms with Gasteiger partial charge in [-0.05, 0) is 23.8 Å². The molecule has 0 spiro atoms. The third-order valence-corrected chi connectivity index (χ3v) is 3.04. The molecule has 0 aromatic heterocycles. The van der Waals surface area contributed by atoms with Gasteiger partial charge in [0, 0.05) is 24.8 Å². The van der Waals surface area contributed by atoms with Gasteiger partial charge in [0.2, 0.25) is 0 Å². The summed E-state index contributed by atoms with van der Waals surface area (Å²) in [6.45, 7) is 0.173. The largest absolute Gasteiger partial charge is 0.398 e. The summed E-state index contributed by atoms with van der Waals surface area (Å²) in [5.74, 6) is -5.02. The van der Waals surface area contributed by atoms with E-state index in [2.05, 4.69) is 0 Å². The Morgan fingerprint density at radius 1 is 1.14 bits per heavy atom. The van der Waals surface area contributed by atoms with Gasteiger partial charge in [-0.15, -0.1) is 0 Å². The second kappa shape index (κ2) is 5.87. The Balaban J connectivity index is 2.22. The highest BCUT2D eigenvalue weighted by Crippen LogP contribution is 2.17. The fraction of sp³-hybridized carbons (Fsp3) is 0.133. The highest BCUT2D eigenvalue weighted by molar-refractivity contribution is 5.94. The van der Waals surface area contributed by atoms with Crippen LogP contribution in [0.2, 0.25) is 0 Å². The van der Waals surface area contributed by atoms with Gasteiger partial charge in [0.1, 0.15) is 0 Å². The average Bonchev–Trinajstić information content (AvgIpc) is 2.45. The van der Waals surface area contributed by atoms with Gasteiger partial charge in [-0.3, -0.25) is 4.79 Å². The second-order valence-electron chi connectivity index (χ2n) is 4.61. The van der Waals surface area contributed by atoms with Crippen molar-refractivity contribution in [3.63, 3.8) is 0 Å². The number of hydrogen-bond acceptors (Lipinski definition) is 2. The Hall–Kier alpha value is -2.50. The van der Waals surface area contributed by atoms with E-state index in [1.54, 1.807) is 24.3 Å². The van der Waals surface area contributed by atoms with Gasteiger partial charge in [-0.25, -0.2) is 13.2 Å². The summed E-state index contributed by atoms with van der Waals surface area (Å²) in [5.41, 5.74) is 6.72. The second-order valence-corrected chi connectivity index (χ2v) is 4.61. The van der Waals surface area contributed by atoms with Gasteiger partial charge in [0.25, 0.3) is 5.91 Å². The van der Waals surface area contributed by atoms with Gasteiger partial charge in [0.05, 0.1) is 0 Å². The van der Waals surface area contributed by atoms with Gasteiger partial charge in [-0.1, -0.05) is 18.2 Å². The van der Waals surface area contributed by atoms with Crippen molar-refractivity contribution in [2.75, 3.05) is 12.8 Å². The molecule has 2 rings (SSSR count). The summed E-state index contributed by atoms with van der Waals surface area (Å²) < 4.78 is 39.2. The molecule has 0 aliphatic carbocycles. The zero-order valence-electron chi connectivity index (χ0n) is 11.2. The SMILES string of the molecule is CN(Cc1ccccc1N)C(=O)c1cc(F)c(F)c(F)c1. The lowest BCUT2D eigenvalue weighted by Crippen LogP contribution is -2.27. The lowest BCUT2D eigenvalue weighted by molar-refractivity contribution is 0.0784. The van der Waals surface area contributed by atoms with Gasteiger partial charge in [0.15, 0.2) is 17.5 Å². The van der Waals surface area contributed by atoms with Crippen molar-refractivity contribution in [3.8, 4) is 0 Å². The number of anilines is 1. The number of benzene rings is 2. The van der Waals surface area contributed by atoms with Crippen LogP contribution in [0.25, 0.3) is 0 Å². The third-order valence-electron chi connectivity index (χ3n) is 3.04. The Kier molecular flexibility index (Phi) is 4.16. The molecule has 3 nitrogen and oxygen atoms in total. The highest BCUT2D eigenvalue weighted by atomic mass is 19.2. The molecule has 0 aliphatic rings. The van der Waals surface area contributed by atoms with Crippen LogP contribution < -0.4 is 5.73 Å². The van der Waals surface area contributed by atoms with Crippen LogP contribution in [-0.2, 0) is 6.54 Å². The monoisotopic (exact) mass is 294 g/mol. The van der Waals surface area contributed by atoms with Crippen molar-refractivity contribution < 1.29 is 18.0 Å². The number of hydrogen-bond donors (Lipinski definition) is 1. The number of para-hydroxylation sites is 1. The zero-order valence-corrected chi connectivity index (χ0v) is 11.2. The number of nitrogens with zero attached hydrogens (tertiary/aromatic N) is 1. The highest BCUT2D eigenvalue weighted by Gasteiger charge is 2.18. The third kappa shape index (κ3) is 3.16. The first-order valence-corrected chi connectivity index (χ1v) is 6.13. The standard InChI is InChI=1S/C15H13F3N2O/c1-20(8-9-4-2-3-5-13(9)19)15(21)10-6-11(16)14(18)12(17)7-10/h2-7H,8,19H2,1H3. The molecule has 6 heteroatoms. The molecule has 2 aromatic rings. The Morgan fingerprint density at radius 3 is 2.29 bits per heavy atom. The van der Waals surface area contributed by atoms with Gasteiger partial charge >= 0.3 is 0 Å². The zero-order chi connectivity index (χ0) is 15.6. The normalized spacial score (nSPS) is 10.5. The number of rotatable bonds is 3. The van der Waals surface area contributed by atoms with Crippen LogP contribution in [-0.4, -0.2) is 17.9 Å². The lowest BCUT2D eigenvalue weighted by atomic mass is 10.1. The minimum atomic E-state index is -1.60. The fourth-order valence-electron chi connectivity index (χ4n) is 1.90. The van der Waals surface area contributed by atoms with Gasteiger partial charge < -0.3 is 10.6 Å². The topological polar surface area (TPSA) is 46.3 Å². The number of nitrogen functional groups attached to an aromatic ring is 1. The van der Waals surface area contributed by atoms with Crippen LogP contribution in [0, 0.1) is 17.5 Å². The molecule has 2 aromatic carbocycles. The quantitative estimate of drug-likeness (QED) is 0.699. The molecule has 0 aliphatic heterocycles. The van der Waals surface area contributed by atoms with Crippen molar-refractivity contribution in [2.24, 2.45) is 0 Å². The van der Waals surface area contributed by atoms with Crippen molar-refractivity contribution in [1.82, 2.24) is 4.90 Å². The van der Waals surface area contributed by atoms with Crippen molar-refractivity contribution in [2.45, 2.75) is 6.54 Å². The van der Waals surface area contributed by atoms with Crippen molar-refractivity contribution in [3.05, 3.63) is 65.0 Å². The van der Waals surface area contributed by atoms with Crippen molar-refractivity contribution in [1.29, 1.82) is 0 Å². The minimum absolute atomic E-state index is 0.173. The number of halogens is 3.